The van der Waals surface area contributed by atoms with Gasteiger partial charge in [-0.25, -0.2) is 0 Å². The minimum Gasteiger partial charge on any atom is -0.324 e. The summed E-state index contributed by atoms with van der Waals surface area (Å²) in [6, 6.07) is 0. The first-order chi connectivity index (χ1) is 9.18. The molecule has 102 valence electrons. The van der Waals surface area contributed by atoms with Gasteiger partial charge < -0.3 is 5.73 Å². The van der Waals surface area contributed by atoms with Gasteiger partial charge in [-0.15, -0.1) is 0 Å². The van der Waals surface area contributed by atoms with Crippen molar-refractivity contribution >= 4 is 5.78 Å². The molecule has 4 bridgehead atoms. The van der Waals surface area contributed by atoms with Gasteiger partial charge in [0.15, 0.2) is 5.78 Å². The van der Waals surface area contributed by atoms with Gasteiger partial charge in [0.05, 0.1) is 23.8 Å². The number of carbonyl (C=O) groups is 1. The third-order valence-electron chi connectivity index (χ3n) is 5.58. The second-order valence-electron chi connectivity index (χ2n) is 6.94. The Morgan fingerprint density at radius 2 is 1.84 bits per heavy atom. The molecule has 0 spiro atoms. The van der Waals surface area contributed by atoms with Crippen LogP contribution in [0.5, 0.6) is 0 Å². The zero-order valence-electron chi connectivity index (χ0n) is 11.2. The third-order valence-corrected chi connectivity index (χ3v) is 5.58. The lowest BCUT2D eigenvalue weighted by Gasteiger charge is -2.56. The molecule has 4 saturated carbocycles. The Balaban J connectivity index is 1.68. The molecule has 0 saturated heterocycles. The first kappa shape index (κ1) is 11.6. The van der Waals surface area contributed by atoms with Gasteiger partial charge >= 0.3 is 0 Å². The lowest BCUT2D eigenvalue weighted by molar-refractivity contribution is -0.0494. The van der Waals surface area contributed by atoms with E-state index in [1.54, 1.807) is 6.20 Å². The van der Waals surface area contributed by atoms with Gasteiger partial charge in [-0.2, -0.15) is 5.10 Å². The average molecular weight is 259 g/mol. The van der Waals surface area contributed by atoms with Crippen LogP contribution in [0.25, 0.3) is 0 Å². The lowest BCUT2D eigenvalue weighted by atomic mass is 9.53. The van der Waals surface area contributed by atoms with Gasteiger partial charge in [0.1, 0.15) is 0 Å². The number of aromatic nitrogens is 2. The van der Waals surface area contributed by atoms with E-state index in [9.17, 15) is 4.79 Å². The van der Waals surface area contributed by atoms with Crippen molar-refractivity contribution in [2.45, 2.75) is 44.1 Å². The fraction of sp³-hybridized carbons (Fsp3) is 0.733. The number of nitrogens with zero attached hydrogens (tertiary/aromatic N) is 2. The molecule has 0 radical (unpaired) electrons. The Morgan fingerprint density at radius 1 is 1.26 bits per heavy atom. The Bertz CT molecular complexity index is 484. The van der Waals surface area contributed by atoms with Crippen LogP contribution in [0.2, 0.25) is 0 Å². The van der Waals surface area contributed by atoms with Crippen LogP contribution in [0, 0.1) is 17.8 Å². The monoisotopic (exact) mass is 259 g/mol. The molecule has 0 atom stereocenters. The molecular formula is C15H21N3O. The molecule has 1 aromatic rings. The second-order valence-corrected chi connectivity index (χ2v) is 6.94. The van der Waals surface area contributed by atoms with Crippen LogP contribution in [0.3, 0.4) is 0 Å². The van der Waals surface area contributed by atoms with Crippen LogP contribution in [-0.4, -0.2) is 22.1 Å². The van der Waals surface area contributed by atoms with Gasteiger partial charge in [0.2, 0.25) is 0 Å². The second kappa shape index (κ2) is 3.92. The average Bonchev–Trinajstić information content (AvgIpc) is 2.86. The van der Waals surface area contributed by atoms with Crippen molar-refractivity contribution in [1.82, 2.24) is 9.78 Å². The van der Waals surface area contributed by atoms with Crippen LogP contribution in [-0.2, 0) is 5.54 Å². The number of hydrogen-bond donors (Lipinski definition) is 1. The van der Waals surface area contributed by atoms with Crippen LogP contribution in [0.4, 0.5) is 0 Å². The first-order valence-electron chi connectivity index (χ1n) is 7.47. The van der Waals surface area contributed by atoms with Gasteiger partial charge in [-0.3, -0.25) is 9.48 Å². The normalized spacial score (nSPS) is 39.7. The van der Waals surface area contributed by atoms with E-state index in [1.165, 1.54) is 38.5 Å². The molecule has 4 aliphatic carbocycles. The number of carbonyl (C=O) groups excluding carboxylic acids is 1. The molecule has 2 N–H and O–H groups in total. The summed E-state index contributed by atoms with van der Waals surface area (Å²) in [5.41, 5.74) is 6.32. The van der Waals surface area contributed by atoms with Gasteiger partial charge in [0.25, 0.3) is 0 Å². The molecule has 4 aliphatic rings. The van der Waals surface area contributed by atoms with E-state index in [0.717, 1.165) is 17.8 Å². The number of hydrogen-bond acceptors (Lipinski definition) is 3. The van der Waals surface area contributed by atoms with E-state index in [-0.39, 0.29) is 17.9 Å². The maximum Gasteiger partial charge on any atom is 0.179 e. The van der Waals surface area contributed by atoms with Crippen molar-refractivity contribution in [3.8, 4) is 0 Å². The fourth-order valence-corrected chi connectivity index (χ4v) is 5.19. The quantitative estimate of drug-likeness (QED) is 0.844. The van der Waals surface area contributed by atoms with Crippen LogP contribution in [0.15, 0.2) is 12.4 Å². The Labute approximate surface area is 113 Å². The van der Waals surface area contributed by atoms with E-state index >= 15 is 0 Å². The number of rotatable bonds is 3. The van der Waals surface area contributed by atoms with Crippen molar-refractivity contribution in [1.29, 1.82) is 0 Å². The van der Waals surface area contributed by atoms with Crippen molar-refractivity contribution < 1.29 is 4.79 Å². The first-order valence-corrected chi connectivity index (χ1v) is 7.47. The summed E-state index contributed by atoms with van der Waals surface area (Å²) in [6.45, 7) is 0.0760. The zero-order valence-corrected chi connectivity index (χ0v) is 11.2. The van der Waals surface area contributed by atoms with Crippen molar-refractivity contribution in [2.24, 2.45) is 23.5 Å². The molecular weight excluding hydrogens is 238 g/mol. The molecule has 19 heavy (non-hydrogen) atoms. The summed E-state index contributed by atoms with van der Waals surface area (Å²) in [7, 11) is 0. The maximum atomic E-state index is 11.7. The van der Waals surface area contributed by atoms with Gasteiger partial charge in [-0.05, 0) is 56.3 Å². The number of Topliss-reactive ketones (excluding diaryl/α,β-unsaturated/α-hetero) is 1. The topological polar surface area (TPSA) is 60.9 Å². The van der Waals surface area contributed by atoms with Crippen LogP contribution in [0.1, 0.15) is 48.9 Å². The van der Waals surface area contributed by atoms with Crippen molar-refractivity contribution in [3.05, 3.63) is 18.0 Å². The van der Waals surface area contributed by atoms with E-state index in [0.29, 0.717) is 5.56 Å². The highest BCUT2D eigenvalue weighted by Crippen LogP contribution is 2.58. The summed E-state index contributed by atoms with van der Waals surface area (Å²) in [5, 5.41) is 4.52. The van der Waals surface area contributed by atoms with Crippen molar-refractivity contribution in [2.75, 3.05) is 6.54 Å². The largest absolute Gasteiger partial charge is 0.324 e. The molecule has 4 nitrogen and oxygen atoms in total. The summed E-state index contributed by atoms with van der Waals surface area (Å²) >= 11 is 0. The van der Waals surface area contributed by atoms with E-state index < -0.39 is 0 Å². The predicted molar refractivity (Wildman–Crippen MR) is 71.8 cm³/mol. The molecule has 0 aliphatic heterocycles. The summed E-state index contributed by atoms with van der Waals surface area (Å²) in [4.78, 5) is 11.7. The highest BCUT2D eigenvalue weighted by Gasteiger charge is 2.52. The summed E-state index contributed by atoms with van der Waals surface area (Å²) < 4.78 is 2.11. The summed E-state index contributed by atoms with van der Waals surface area (Å²) in [5.74, 6) is 2.67. The summed E-state index contributed by atoms with van der Waals surface area (Å²) in [6.07, 6.45) is 11.7. The molecule has 1 heterocycles. The molecule has 4 fully saturated rings. The molecule has 0 aromatic carbocycles. The van der Waals surface area contributed by atoms with Gasteiger partial charge in [-0.1, -0.05) is 0 Å². The molecule has 0 amide bonds. The minimum atomic E-state index is -0.00372. The molecule has 4 heteroatoms. The Morgan fingerprint density at radius 3 is 2.37 bits per heavy atom. The highest BCUT2D eigenvalue weighted by molar-refractivity contribution is 5.97. The van der Waals surface area contributed by atoms with Crippen LogP contribution >= 0.6 is 0 Å². The minimum absolute atomic E-state index is 0.00372. The smallest absolute Gasteiger partial charge is 0.179 e. The van der Waals surface area contributed by atoms with Crippen molar-refractivity contribution in [3.63, 3.8) is 0 Å². The predicted octanol–water partition coefficient (Wildman–Crippen LogP) is 1.95. The standard InChI is InChI=1S/C15H21N3O/c16-7-14(19)13-8-17-18(9-13)15-4-10-1-11(5-15)3-12(2-10)6-15/h8-12H,1-7,16H2. The number of ketones is 1. The van der Waals surface area contributed by atoms with E-state index in [4.69, 9.17) is 5.73 Å². The molecule has 5 rings (SSSR count). The Hall–Kier alpha value is -1.16. The van der Waals surface area contributed by atoms with Crippen LogP contribution < -0.4 is 5.73 Å². The zero-order chi connectivity index (χ0) is 13.0. The lowest BCUT2D eigenvalue weighted by Crippen LogP contribution is -2.52. The van der Waals surface area contributed by atoms with E-state index in [1.807, 2.05) is 6.20 Å². The van der Waals surface area contributed by atoms with Gasteiger partial charge in [0, 0.05) is 6.20 Å². The highest BCUT2D eigenvalue weighted by atomic mass is 16.1. The fourth-order valence-electron chi connectivity index (χ4n) is 5.19. The SMILES string of the molecule is NCC(=O)c1cnn(C23CC4CC(CC(C4)C2)C3)c1. The molecule has 1 aromatic heterocycles. The molecule has 0 unspecified atom stereocenters. The maximum absolute atomic E-state index is 11.7. The third kappa shape index (κ3) is 1.69. The Kier molecular flexibility index (Phi) is 2.40. The van der Waals surface area contributed by atoms with E-state index in [2.05, 4.69) is 9.78 Å². The number of nitrogens with two attached hydrogens (primary N) is 1.